The number of rotatable bonds is 15. The molecule has 120 valence electrons. The van der Waals surface area contributed by atoms with Crippen molar-refractivity contribution < 1.29 is 9.53 Å². The van der Waals surface area contributed by atoms with Crippen LogP contribution in [0.15, 0.2) is 0 Å². The van der Waals surface area contributed by atoms with E-state index < -0.39 is 0 Å². The molecule has 0 saturated heterocycles. The molecule has 0 saturated carbocycles. The molecule has 0 aromatic carbocycles. The first-order valence-electron chi connectivity index (χ1n) is 7.77. The average molecular weight is 385 g/mol. The molecular formula is C15H29BrO2S2. The first-order chi connectivity index (χ1) is 9.81. The van der Waals surface area contributed by atoms with Gasteiger partial charge in [-0.25, -0.2) is 0 Å². The molecule has 0 unspecified atom stereocenters. The van der Waals surface area contributed by atoms with Crippen molar-refractivity contribution in [3.8, 4) is 0 Å². The second-order valence-corrected chi connectivity index (χ2v) is 8.38. The molecule has 2 nitrogen and oxygen atoms in total. The predicted molar refractivity (Wildman–Crippen MR) is 96.9 cm³/mol. The Hall–Kier alpha value is 0.650. The highest BCUT2D eigenvalue weighted by Crippen LogP contribution is 2.22. The standard InChI is InChI=1S/C15H29BrO2S2/c1-2-19-20-14-10-8-6-4-3-5-7-9-11-15(17)18-13-12-16/h2-14H2,1H3. The second kappa shape index (κ2) is 17.7. The minimum absolute atomic E-state index is 0.0492. The van der Waals surface area contributed by atoms with Gasteiger partial charge in [-0.2, -0.15) is 0 Å². The van der Waals surface area contributed by atoms with Crippen molar-refractivity contribution in [1.29, 1.82) is 0 Å². The second-order valence-electron chi connectivity index (χ2n) is 4.72. The molecule has 0 heterocycles. The number of halogens is 1. The summed E-state index contributed by atoms with van der Waals surface area (Å²) < 4.78 is 5.00. The quantitative estimate of drug-likeness (QED) is 0.153. The van der Waals surface area contributed by atoms with Gasteiger partial charge in [-0.1, -0.05) is 83.0 Å². The van der Waals surface area contributed by atoms with Gasteiger partial charge in [-0.05, 0) is 12.8 Å². The Morgan fingerprint density at radius 1 is 0.950 bits per heavy atom. The van der Waals surface area contributed by atoms with E-state index in [0.717, 1.165) is 18.2 Å². The van der Waals surface area contributed by atoms with Gasteiger partial charge in [0.2, 0.25) is 0 Å². The fourth-order valence-electron chi connectivity index (χ4n) is 1.86. The highest BCUT2D eigenvalue weighted by Gasteiger charge is 2.01. The first kappa shape index (κ1) is 20.6. The van der Waals surface area contributed by atoms with Crippen LogP contribution in [-0.2, 0) is 9.53 Å². The zero-order valence-electron chi connectivity index (χ0n) is 12.7. The zero-order valence-corrected chi connectivity index (χ0v) is 15.9. The van der Waals surface area contributed by atoms with Crippen LogP contribution >= 0.6 is 37.5 Å². The van der Waals surface area contributed by atoms with Gasteiger partial charge in [0.25, 0.3) is 0 Å². The van der Waals surface area contributed by atoms with E-state index in [-0.39, 0.29) is 5.97 Å². The molecule has 0 aliphatic rings. The number of carbonyl (C=O) groups excluding carboxylic acids is 1. The number of hydrogen-bond donors (Lipinski definition) is 0. The first-order valence-corrected chi connectivity index (χ1v) is 11.4. The summed E-state index contributed by atoms with van der Waals surface area (Å²) in [7, 11) is 3.98. The molecule has 0 rings (SSSR count). The third-order valence-electron chi connectivity index (χ3n) is 2.90. The lowest BCUT2D eigenvalue weighted by Gasteiger charge is -2.03. The maximum absolute atomic E-state index is 11.2. The van der Waals surface area contributed by atoms with Gasteiger partial charge >= 0.3 is 5.97 Å². The van der Waals surface area contributed by atoms with Gasteiger partial charge in [0.15, 0.2) is 0 Å². The predicted octanol–water partition coefficient (Wildman–Crippen LogP) is 5.84. The molecule has 0 atom stereocenters. The summed E-state index contributed by atoms with van der Waals surface area (Å²) in [5, 5.41) is 0.731. The molecular weight excluding hydrogens is 356 g/mol. The van der Waals surface area contributed by atoms with E-state index in [1.54, 1.807) is 0 Å². The fourth-order valence-corrected chi connectivity index (χ4v) is 3.83. The summed E-state index contributed by atoms with van der Waals surface area (Å²) in [6.45, 7) is 2.70. The average Bonchev–Trinajstić information content (AvgIpc) is 2.46. The fraction of sp³-hybridized carbons (Fsp3) is 0.933. The molecule has 0 amide bonds. The molecule has 0 bridgehead atoms. The largest absolute Gasteiger partial charge is 0.465 e. The Morgan fingerprint density at radius 2 is 1.55 bits per heavy atom. The molecule has 0 aliphatic carbocycles. The Labute approximate surface area is 141 Å². The van der Waals surface area contributed by atoms with Crippen molar-refractivity contribution in [2.45, 2.75) is 64.7 Å². The van der Waals surface area contributed by atoms with Crippen LogP contribution in [0.4, 0.5) is 0 Å². The van der Waals surface area contributed by atoms with Gasteiger partial charge in [-0.3, -0.25) is 4.79 Å². The summed E-state index contributed by atoms with van der Waals surface area (Å²) in [6, 6.07) is 0. The Bertz CT molecular complexity index is 216. The normalized spacial score (nSPS) is 10.7. The van der Waals surface area contributed by atoms with E-state index >= 15 is 0 Å². The van der Waals surface area contributed by atoms with Gasteiger partial charge in [0.05, 0.1) is 0 Å². The molecule has 0 aromatic heterocycles. The van der Waals surface area contributed by atoms with Crippen LogP contribution in [0.1, 0.15) is 64.7 Å². The van der Waals surface area contributed by atoms with Crippen molar-refractivity contribution >= 4 is 43.5 Å². The van der Waals surface area contributed by atoms with Gasteiger partial charge in [0.1, 0.15) is 6.61 Å². The minimum atomic E-state index is -0.0492. The molecule has 0 spiro atoms. The highest BCUT2D eigenvalue weighted by molar-refractivity contribution is 9.09. The van der Waals surface area contributed by atoms with Gasteiger partial charge in [0, 0.05) is 23.3 Å². The third-order valence-corrected chi connectivity index (χ3v) is 5.79. The third kappa shape index (κ3) is 16.7. The van der Waals surface area contributed by atoms with E-state index in [9.17, 15) is 4.79 Å². The molecule has 0 N–H and O–H groups in total. The van der Waals surface area contributed by atoms with E-state index in [2.05, 4.69) is 22.9 Å². The lowest BCUT2D eigenvalue weighted by molar-refractivity contribution is -0.143. The van der Waals surface area contributed by atoms with E-state index in [0.29, 0.717) is 13.0 Å². The van der Waals surface area contributed by atoms with Crippen LogP contribution in [-0.4, -0.2) is 29.4 Å². The van der Waals surface area contributed by atoms with Crippen molar-refractivity contribution in [3.63, 3.8) is 0 Å². The van der Waals surface area contributed by atoms with Crippen LogP contribution in [0.3, 0.4) is 0 Å². The number of unbranched alkanes of at least 4 members (excludes halogenated alkanes) is 7. The lowest BCUT2D eigenvalue weighted by Crippen LogP contribution is -2.05. The number of esters is 1. The highest BCUT2D eigenvalue weighted by atomic mass is 79.9. The Morgan fingerprint density at radius 3 is 2.15 bits per heavy atom. The minimum Gasteiger partial charge on any atom is -0.465 e. The summed E-state index contributed by atoms with van der Waals surface area (Å²) in [6.07, 6.45) is 10.7. The van der Waals surface area contributed by atoms with Crippen molar-refractivity contribution in [3.05, 3.63) is 0 Å². The summed E-state index contributed by atoms with van der Waals surface area (Å²) in [5.74, 6) is 2.47. The number of alkyl halides is 1. The number of ether oxygens (including phenoxy) is 1. The lowest BCUT2D eigenvalue weighted by atomic mass is 10.1. The van der Waals surface area contributed by atoms with Crippen LogP contribution in [0.2, 0.25) is 0 Å². The maximum Gasteiger partial charge on any atom is 0.305 e. The Kier molecular flexibility index (Phi) is 18.3. The molecule has 5 heteroatoms. The molecule has 0 radical (unpaired) electrons. The van der Waals surface area contributed by atoms with Crippen molar-refractivity contribution in [2.75, 3.05) is 23.4 Å². The van der Waals surface area contributed by atoms with Crippen LogP contribution in [0, 0.1) is 0 Å². The number of carbonyl (C=O) groups is 1. The summed E-state index contributed by atoms with van der Waals surface area (Å²) in [5.41, 5.74) is 0. The monoisotopic (exact) mass is 384 g/mol. The summed E-state index contributed by atoms with van der Waals surface area (Å²) in [4.78, 5) is 11.2. The van der Waals surface area contributed by atoms with E-state index in [1.807, 2.05) is 21.6 Å². The van der Waals surface area contributed by atoms with Crippen molar-refractivity contribution in [2.24, 2.45) is 0 Å². The van der Waals surface area contributed by atoms with Crippen LogP contribution in [0.25, 0.3) is 0 Å². The zero-order chi connectivity index (χ0) is 14.9. The van der Waals surface area contributed by atoms with Crippen molar-refractivity contribution in [1.82, 2.24) is 0 Å². The molecule has 0 fully saturated rings. The Balaban J connectivity index is 3.04. The molecule has 0 aromatic rings. The van der Waals surface area contributed by atoms with Crippen LogP contribution < -0.4 is 0 Å². The molecule has 20 heavy (non-hydrogen) atoms. The SMILES string of the molecule is CCSSCCCCCCCCCCC(=O)OCCBr. The van der Waals surface area contributed by atoms with Crippen LogP contribution in [0.5, 0.6) is 0 Å². The molecule has 0 aliphatic heterocycles. The maximum atomic E-state index is 11.2. The smallest absolute Gasteiger partial charge is 0.305 e. The van der Waals surface area contributed by atoms with E-state index in [1.165, 1.54) is 50.0 Å². The van der Waals surface area contributed by atoms with E-state index in [4.69, 9.17) is 4.74 Å². The summed E-state index contributed by atoms with van der Waals surface area (Å²) >= 11 is 3.24. The van der Waals surface area contributed by atoms with Gasteiger partial charge in [-0.15, -0.1) is 0 Å². The topological polar surface area (TPSA) is 26.3 Å². The van der Waals surface area contributed by atoms with Gasteiger partial charge < -0.3 is 4.74 Å². The number of hydrogen-bond acceptors (Lipinski definition) is 4.